The quantitative estimate of drug-likeness (QED) is 0.712. The van der Waals surface area contributed by atoms with Crippen LogP contribution in [0.15, 0.2) is 61.1 Å². The molecule has 5 nitrogen and oxygen atoms in total. The van der Waals surface area contributed by atoms with Crippen molar-refractivity contribution in [3.63, 3.8) is 0 Å². The van der Waals surface area contributed by atoms with E-state index in [1.54, 1.807) is 17.1 Å². The molecule has 0 unspecified atom stereocenters. The average molecular weight is 360 g/mol. The second-order valence-corrected chi connectivity index (χ2v) is 7.17. The number of carbonyl (C=O) groups is 1. The number of hydrogen-bond acceptors (Lipinski definition) is 3. The SMILES string of the molecule is Cn1cc(-c2ccc(C(=O)N3CCC[C@H](c4ccccc4)CC3)cn2)cn1. The lowest BCUT2D eigenvalue weighted by molar-refractivity contribution is 0.0760. The molecule has 138 valence electrons. The molecule has 0 spiro atoms. The van der Waals surface area contributed by atoms with Gasteiger partial charge in [0.1, 0.15) is 0 Å². The van der Waals surface area contributed by atoms with E-state index in [0.29, 0.717) is 11.5 Å². The van der Waals surface area contributed by atoms with Crippen molar-refractivity contribution in [2.45, 2.75) is 25.2 Å². The van der Waals surface area contributed by atoms with Crippen LogP contribution in [-0.2, 0) is 7.05 Å². The molecule has 0 saturated carbocycles. The zero-order valence-electron chi connectivity index (χ0n) is 15.6. The summed E-state index contributed by atoms with van der Waals surface area (Å²) in [5.74, 6) is 0.615. The molecule has 3 heterocycles. The fourth-order valence-corrected chi connectivity index (χ4v) is 3.79. The number of carbonyl (C=O) groups excluding carboxylic acids is 1. The first-order valence-corrected chi connectivity index (χ1v) is 9.50. The minimum Gasteiger partial charge on any atom is -0.339 e. The van der Waals surface area contributed by atoms with Crippen molar-refractivity contribution in [1.29, 1.82) is 0 Å². The van der Waals surface area contributed by atoms with Crippen molar-refractivity contribution in [2.24, 2.45) is 7.05 Å². The van der Waals surface area contributed by atoms with Crippen LogP contribution < -0.4 is 0 Å². The third-order valence-corrected chi connectivity index (χ3v) is 5.30. The predicted molar refractivity (Wildman–Crippen MR) is 105 cm³/mol. The van der Waals surface area contributed by atoms with Gasteiger partial charge in [-0.1, -0.05) is 30.3 Å². The van der Waals surface area contributed by atoms with Crippen molar-refractivity contribution >= 4 is 5.91 Å². The van der Waals surface area contributed by atoms with Crippen LogP contribution in [0.1, 0.15) is 41.1 Å². The highest BCUT2D eigenvalue weighted by molar-refractivity contribution is 5.94. The number of likely N-dealkylation sites (tertiary alicyclic amines) is 1. The molecule has 1 saturated heterocycles. The molecule has 1 fully saturated rings. The molecular weight excluding hydrogens is 336 g/mol. The van der Waals surface area contributed by atoms with E-state index in [2.05, 4.69) is 40.4 Å². The number of aryl methyl sites for hydroxylation is 1. The van der Waals surface area contributed by atoms with Gasteiger partial charge in [-0.3, -0.25) is 14.5 Å². The van der Waals surface area contributed by atoms with Crippen LogP contribution in [0.5, 0.6) is 0 Å². The minimum absolute atomic E-state index is 0.0777. The van der Waals surface area contributed by atoms with E-state index in [9.17, 15) is 4.79 Å². The lowest BCUT2D eigenvalue weighted by Crippen LogP contribution is -2.32. The van der Waals surface area contributed by atoms with Crippen molar-refractivity contribution in [3.05, 3.63) is 72.2 Å². The normalized spacial score (nSPS) is 17.5. The number of pyridine rings is 1. The molecule has 1 atom stereocenters. The van der Waals surface area contributed by atoms with E-state index in [4.69, 9.17) is 0 Å². The Bertz CT molecular complexity index is 902. The molecule has 5 heteroatoms. The maximum Gasteiger partial charge on any atom is 0.255 e. The first-order valence-electron chi connectivity index (χ1n) is 9.50. The van der Waals surface area contributed by atoms with Gasteiger partial charge in [0.25, 0.3) is 5.91 Å². The molecule has 3 aromatic rings. The van der Waals surface area contributed by atoms with Gasteiger partial charge >= 0.3 is 0 Å². The van der Waals surface area contributed by atoms with Crippen molar-refractivity contribution in [1.82, 2.24) is 19.7 Å². The van der Waals surface area contributed by atoms with Gasteiger partial charge in [-0.25, -0.2) is 0 Å². The van der Waals surface area contributed by atoms with E-state index in [-0.39, 0.29) is 5.91 Å². The number of benzene rings is 1. The zero-order chi connectivity index (χ0) is 18.6. The van der Waals surface area contributed by atoms with Gasteiger partial charge in [0.15, 0.2) is 0 Å². The Kier molecular flexibility index (Phi) is 5.01. The van der Waals surface area contributed by atoms with Crippen LogP contribution in [0.3, 0.4) is 0 Å². The summed E-state index contributed by atoms with van der Waals surface area (Å²) in [4.78, 5) is 19.4. The Hall–Kier alpha value is -2.95. The summed E-state index contributed by atoms with van der Waals surface area (Å²) in [7, 11) is 1.88. The van der Waals surface area contributed by atoms with E-state index in [0.717, 1.165) is 43.6 Å². The maximum absolute atomic E-state index is 12.9. The molecule has 1 aromatic carbocycles. The number of amides is 1. The van der Waals surface area contributed by atoms with Crippen LogP contribution in [0.25, 0.3) is 11.3 Å². The summed E-state index contributed by atoms with van der Waals surface area (Å²) >= 11 is 0. The van der Waals surface area contributed by atoms with Gasteiger partial charge in [0.05, 0.1) is 17.5 Å². The topological polar surface area (TPSA) is 51.0 Å². The van der Waals surface area contributed by atoms with Gasteiger partial charge in [-0.2, -0.15) is 5.10 Å². The Balaban J connectivity index is 1.43. The first kappa shape index (κ1) is 17.5. The van der Waals surface area contributed by atoms with Gasteiger partial charge in [-0.05, 0) is 42.9 Å². The molecule has 4 rings (SSSR count). The number of aromatic nitrogens is 3. The Labute approximate surface area is 159 Å². The smallest absolute Gasteiger partial charge is 0.255 e. The standard InChI is InChI=1S/C22H24N4O/c1-25-16-20(15-24-25)21-10-9-19(14-23-21)22(27)26-12-5-8-18(11-13-26)17-6-3-2-4-7-17/h2-4,6-7,9-10,14-16,18H,5,8,11-13H2,1H3/t18-/m0/s1. The number of rotatable bonds is 3. The Morgan fingerprint density at radius 1 is 1.04 bits per heavy atom. The molecular formula is C22H24N4O. The van der Waals surface area contributed by atoms with Crippen LogP contribution in [-0.4, -0.2) is 38.7 Å². The highest BCUT2D eigenvalue weighted by atomic mass is 16.2. The van der Waals surface area contributed by atoms with Crippen LogP contribution in [0.4, 0.5) is 0 Å². The number of nitrogens with zero attached hydrogens (tertiary/aromatic N) is 4. The summed E-state index contributed by atoms with van der Waals surface area (Å²) in [5, 5.41) is 4.17. The van der Waals surface area contributed by atoms with E-state index >= 15 is 0 Å². The van der Waals surface area contributed by atoms with Crippen LogP contribution >= 0.6 is 0 Å². The second-order valence-electron chi connectivity index (χ2n) is 7.17. The zero-order valence-corrected chi connectivity index (χ0v) is 15.6. The molecule has 0 N–H and O–H groups in total. The summed E-state index contributed by atoms with van der Waals surface area (Å²) in [6.07, 6.45) is 8.56. The van der Waals surface area contributed by atoms with Crippen molar-refractivity contribution in [2.75, 3.05) is 13.1 Å². The van der Waals surface area contributed by atoms with Gasteiger partial charge in [0.2, 0.25) is 0 Å². The minimum atomic E-state index is 0.0777. The lowest BCUT2D eigenvalue weighted by atomic mass is 9.92. The van der Waals surface area contributed by atoms with Crippen molar-refractivity contribution in [3.8, 4) is 11.3 Å². The summed E-state index contributed by atoms with van der Waals surface area (Å²) in [6.45, 7) is 1.61. The molecule has 1 aliphatic rings. The largest absolute Gasteiger partial charge is 0.339 e. The molecule has 0 radical (unpaired) electrons. The molecule has 0 aliphatic carbocycles. The van der Waals surface area contributed by atoms with Gasteiger partial charge < -0.3 is 4.90 Å². The van der Waals surface area contributed by atoms with E-state index < -0.39 is 0 Å². The molecule has 1 amide bonds. The van der Waals surface area contributed by atoms with Gasteiger partial charge in [-0.15, -0.1) is 0 Å². The monoisotopic (exact) mass is 360 g/mol. The average Bonchev–Trinajstić information content (AvgIpc) is 3.00. The van der Waals surface area contributed by atoms with Crippen LogP contribution in [0.2, 0.25) is 0 Å². The molecule has 27 heavy (non-hydrogen) atoms. The summed E-state index contributed by atoms with van der Waals surface area (Å²) < 4.78 is 1.75. The maximum atomic E-state index is 12.9. The van der Waals surface area contributed by atoms with E-state index in [1.165, 1.54) is 5.56 Å². The van der Waals surface area contributed by atoms with Crippen LogP contribution in [0, 0.1) is 0 Å². The fourth-order valence-electron chi connectivity index (χ4n) is 3.79. The molecule has 0 bridgehead atoms. The summed E-state index contributed by atoms with van der Waals surface area (Å²) in [5.41, 5.74) is 3.83. The lowest BCUT2D eigenvalue weighted by Gasteiger charge is -2.20. The fraction of sp³-hybridized carbons (Fsp3) is 0.318. The third kappa shape index (κ3) is 3.92. The number of hydrogen-bond donors (Lipinski definition) is 0. The Morgan fingerprint density at radius 2 is 1.89 bits per heavy atom. The highest BCUT2D eigenvalue weighted by Crippen LogP contribution is 2.28. The van der Waals surface area contributed by atoms with Gasteiger partial charge in [0, 0.05) is 38.1 Å². The third-order valence-electron chi connectivity index (χ3n) is 5.30. The second kappa shape index (κ2) is 7.74. The molecule has 1 aliphatic heterocycles. The van der Waals surface area contributed by atoms with Crippen molar-refractivity contribution < 1.29 is 4.79 Å². The molecule has 2 aromatic heterocycles. The summed E-state index contributed by atoms with van der Waals surface area (Å²) in [6, 6.07) is 14.4. The Morgan fingerprint density at radius 3 is 2.59 bits per heavy atom. The highest BCUT2D eigenvalue weighted by Gasteiger charge is 2.22. The van der Waals surface area contributed by atoms with E-state index in [1.807, 2.05) is 30.3 Å². The predicted octanol–water partition coefficient (Wildman–Crippen LogP) is 3.89. The first-order chi connectivity index (χ1) is 13.2.